The lowest BCUT2D eigenvalue weighted by Gasteiger charge is -2.27. The topological polar surface area (TPSA) is 136 Å². The summed E-state index contributed by atoms with van der Waals surface area (Å²) in [6.07, 6.45) is 1.37. The van der Waals surface area contributed by atoms with Gasteiger partial charge >= 0.3 is 5.97 Å². The van der Waals surface area contributed by atoms with Gasteiger partial charge in [0, 0.05) is 35.6 Å². The molecule has 3 aromatic rings. The molecule has 11 nitrogen and oxygen atoms in total. The molecule has 0 saturated carbocycles. The van der Waals surface area contributed by atoms with Gasteiger partial charge in [0.2, 0.25) is 5.91 Å². The van der Waals surface area contributed by atoms with Crippen LogP contribution in [0.2, 0.25) is 4.34 Å². The minimum absolute atomic E-state index is 0.0120. The van der Waals surface area contributed by atoms with Crippen LogP contribution in [0, 0.1) is 12.3 Å². The lowest BCUT2D eigenvalue weighted by atomic mass is 9.96. The molecule has 1 amide bonds. The number of hydrogen-bond donors (Lipinski definition) is 2. The Morgan fingerprint density at radius 3 is 2.49 bits per heavy atom. The molecule has 3 aromatic heterocycles. The van der Waals surface area contributed by atoms with Gasteiger partial charge in [-0.15, -0.1) is 11.3 Å². The number of carbonyl (C=O) groups excluding carboxylic acids is 2. The maximum Gasteiger partial charge on any atom is 0.336 e. The van der Waals surface area contributed by atoms with E-state index in [1.165, 1.54) is 28.2 Å². The maximum absolute atomic E-state index is 13.7. The van der Waals surface area contributed by atoms with Gasteiger partial charge in [-0.05, 0) is 24.6 Å². The van der Waals surface area contributed by atoms with Crippen molar-refractivity contribution in [2.75, 3.05) is 31.6 Å². The van der Waals surface area contributed by atoms with Crippen LogP contribution in [0.3, 0.4) is 0 Å². The zero-order valence-electron chi connectivity index (χ0n) is 22.1. The molecule has 1 aliphatic rings. The van der Waals surface area contributed by atoms with Crippen molar-refractivity contribution in [1.82, 2.24) is 19.2 Å². The Hall–Kier alpha value is -3.48. The van der Waals surface area contributed by atoms with Crippen molar-refractivity contribution in [3.8, 4) is 11.3 Å². The van der Waals surface area contributed by atoms with E-state index in [1.54, 1.807) is 38.7 Å². The van der Waals surface area contributed by atoms with Gasteiger partial charge in [0.25, 0.3) is 11.5 Å². The number of aromatic nitrogens is 3. The number of morpholine rings is 1. The van der Waals surface area contributed by atoms with Gasteiger partial charge in [0.1, 0.15) is 18.1 Å². The Morgan fingerprint density at radius 1 is 1.21 bits per heavy atom. The smallest absolute Gasteiger partial charge is 0.336 e. The maximum atomic E-state index is 13.7. The first-order valence-electron chi connectivity index (χ1n) is 12.3. The second kappa shape index (κ2) is 11.3. The summed E-state index contributed by atoms with van der Waals surface area (Å²) in [4.78, 5) is 54.6. The Bertz CT molecular complexity index is 1480. The standard InChI is InChI=1S/C26H30ClN5O6S/c1-15-13-31(14-20(33)30-7-9-38-10-8-30)23(34)22(21(15)24(35)36)17-11-19(28-12-16-5-6-18(27)39-16)32(29-17)25(37)26(2,3)4/h5-6,11,13,28H,7-10,12,14H2,1-4H3,(H,35,36). The van der Waals surface area contributed by atoms with Crippen LogP contribution in [0.15, 0.2) is 29.2 Å². The third-order valence-corrected chi connectivity index (χ3v) is 7.46. The predicted octanol–water partition coefficient (Wildman–Crippen LogP) is 3.59. The first kappa shape index (κ1) is 28.5. The van der Waals surface area contributed by atoms with Crippen molar-refractivity contribution in [1.29, 1.82) is 0 Å². The van der Waals surface area contributed by atoms with E-state index in [9.17, 15) is 24.3 Å². The Morgan fingerprint density at radius 2 is 1.90 bits per heavy atom. The average molecular weight is 576 g/mol. The van der Waals surface area contributed by atoms with E-state index in [2.05, 4.69) is 10.4 Å². The Balaban J connectivity index is 1.80. The fourth-order valence-corrected chi connectivity index (χ4v) is 5.25. The number of nitrogens with one attached hydrogen (secondary N) is 1. The number of anilines is 1. The van der Waals surface area contributed by atoms with Gasteiger partial charge in [0.05, 0.1) is 35.2 Å². The molecule has 0 aliphatic carbocycles. The largest absolute Gasteiger partial charge is 0.478 e. The highest BCUT2D eigenvalue weighted by Crippen LogP contribution is 2.29. The fourth-order valence-electron chi connectivity index (χ4n) is 4.22. The first-order chi connectivity index (χ1) is 18.4. The molecule has 0 aromatic carbocycles. The predicted molar refractivity (Wildman–Crippen MR) is 148 cm³/mol. The van der Waals surface area contributed by atoms with Crippen molar-refractivity contribution in [2.24, 2.45) is 5.41 Å². The molecule has 0 unspecified atom stereocenters. The molecule has 0 radical (unpaired) electrons. The highest BCUT2D eigenvalue weighted by molar-refractivity contribution is 7.16. The number of nitrogens with zero attached hydrogens (tertiary/aromatic N) is 4. The number of thiophene rings is 1. The number of aryl methyl sites for hydroxylation is 1. The van der Waals surface area contributed by atoms with Crippen LogP contribution in [0.25, 0.3) is 11.3 Å². The molecule has 1 aliphatic heterocycles. The molecule has 13 heteroatoms. The highest BCUT2D eigenvalue weighted by Gasteiger charge is 2.30. The number of halogens is 1. The third kappa shape index (κ3) is 6.23. The molecule has 0 atom stereocenters. The molecular formula is C26H30ClN5O6S. The van der Waals surface area contributed by atoms with Gasteiger partial charge in [-0.2, -0.15) is 9.78 Å². The number of hydrogen-bond acceptors (Lipinski definition) is 8. The van der Waals surface area contributed by atoms with Crippen molar-refractivity contribution >= 4 is 46.5 Å². The second-order valence-corrected chi connectivity index (χ2v) is 12.0. The van der Waals surface area contributed by atoms with Crippen LogP contribution in [-0.4, -0.2) is 68.4 Å². The van der Waals surface area contributed by atoms with Gasteiger partial charge in [-0.3, -0.25) is 14.4 Å². The van der Waals surface area contributed by atoms with Crippen LogP contribution in [0.4, 0.5) is 5.82 Å². The number of pyridine rings is 1. The Labute approximate surface area is 233 Å². The average Bonchev–Trinajstić information content (AvgIpc) is 3.49. The number of rotatable bonds is 7. The van der Waals surface area contributed by atoms with Gasteiger partial charge in [-0.1, -0.05) is 32.4 Å². The molecule has 0 spiro atoms. The fraction of sp³-hybridized carbons (Fsp3) is 0.423. The van der Waals surface area contributed by atoms with Crippen molar-refractivity contribution in [3.63, 3.8) is 0 Å². The quantitative estimate of drug-likeness (QED) is 0.436. The number of carboxylic acids is 1. The third-order valence-electron chi connectivity index (χ3n) is 6.22. The monoisotopic (exact) mass is 575 g/mol. The highest BCUT2D eigenvalue weighted by atomic mass is 35.5. The lowest BCUT2D eigenvalue weighted by Crippen LogP contribution is -2.43. The minimum Gasteiger partial charge on any atom is -0.478 e. The molecule has 4 heterocycles. The van der Waals surface area contributed by atoms with Gasteiger partial charge < -0.3 is 24.6 Å². The van der Waals surface area contributed by atoms with E-state index in [1.807, 2.05) is 6.07 Å². The van der Waals surface area contributed by atoms with Crippen molar-refractivity contribution < 1.29 is 24.2 Å². The van der Waals surface area contributed by atoms with E-state index >= 15 is 0 Å². The van der Waals surface area contributed by atoms with Crippen molar-refractivity contribution in [3.05, 3.63) is 55.1 Å². The molecule has 0 bridgehead atoms. The van der Waals surface area contributed by atoms with E-state index in [0.717, 1.165) is 9.56 Å². The molecule has 208 valence electrons. The van der Waals surface area contributed by atoms with Crippen LogP contribution in [0.1, 0.15) is 46.4 Å². The summed E-state index contributed by atoms with van der Waals surface area (Å²) in [5.74, 6) is -1.65. The second-order valence-electron chi connectivity index (χ2n) is 10.2. The van der Waals surface area contributed by atoms with Crippen LogP contribution in [0.5, 0.6) is 0 Å². The molecular weight excluding hydrogens is 546 g/mol. The number of carbonyl (C=O) groups is 3. The summed E-state index contributed by atoms with van der Waals surface area (Å²) >= 11 is 7.41. The molecule has 4 rings (SSSR count). The SMILES string of the molecule is Cc1cn(CC(=O)N2CCOCC2)c(=O)c(-c2cc(NCc3ccc(Cl)s3)n(C(=O)C(C)(C)C)n2)c1C(=O)O. The Kier molecular flexibility index (Phi) is 8.28. The minimum atomic E-state index is -1.31. The summed E-state index contributed by atoms with van der Waals surface area (Å²) in [6, 6.07) is 5.09. The van der Waals surface area contributed by atoms with Gasteiger partial charge in [0.15, 0.2) is 0 Å². The van der Waals surface area contributed by atoms with Gasteiger partial charge in [-0.25, -0.2) is 4.79 Å². The first-order valence-corrected chi connectivity index (χ1v) is 13.5. The molecule has 2 N–H and O–H groups in total. The van der Waals surface area contributed by atoms with E-state index in [-0.39, 0.29) is 40.7 Å². The van der Waals surface area contributed by atoms with Crippen molar-refractivity contribution in [2.45, 2.75) is 40.8 Å². The van der Waals surface area contributed by atoms with E-state index < -0.39 is 16.9 Å². The number of aromatic carboxylic acids is 1. The summed E-state index contributed by atoms with van der Waals surface area (Å²) in [5.41, 5.74) is -1.65. The molecule has 39 heavy (non-hydrogen) atoms. The lowest BCUT2D eigenvalue weighted by molar-refractivity contribution is -0.135. The van der Waals surface area contributed by atoms with E-state index in [4.69, 9.17) is 16.3 Å². The molecule has 1 fully saturated rings. The van der Waals surface area contributed by atoms with Crippen LogP contribution >= 0.6 is 22.9 Å². The number of carboxylic acid groups (broad SMARTS) is 1. The summed E-state index contributed by atoms with van der Waals surface area (Å²) < 4.78 is 8.25. The zero-order chi connectivity index (χ0) is 28.5. The summed E-state index contributed by atoms with van der Waals surface area (Å²) in [6.45, 7) is 8.48. The number of ether oxygens (including phenoxy) is 1. The van der Waals surface area contributed by atoms with Crippen LogP contribution in [-0.2, 0) is 22.6 Å². The number of amides is 1. The summed E-state index contributed by atoms with van der Waals surface area (Å²) in [7, 11) is 0. The zero-order valence-corrected chi connectivity index (χ0v) is 23.7. The van der Waals surface area contributed by atoms with Crippen LogP contribution < -0.4 is 10.9 Å². The van der Waals surface area contributed by atoms with E-state index in [0.29, 0.717) is 43.0 Å². The normalized spacial score (nSPS) is 13.9. The summed E-state index contributed by atoms with van der Waals surface area (Å²) in [5, 5.41) is 17.6. The molecule has 1 saturated heterocycles.